The number of ether oxygens (including phenoxy) is 1. The van der Waals surface area contributed by atoms with Crippen molar-refractivity contribution in [1.82, 2.24) is 0 Å². The van der Waals surface area contributed by atoms with E-state index in [1.165, 1.54) is 7.11 Å². The van der Waals surface area contributed by atoms with Crippen molar-refractivity contribution in [3.05, 3.63) is 22.7 Å². The third kappa shape index (κ3) is 2.27. The quantitative estimate of drug-likeness (QED) is 0.924. The third-order valence-corrected chi connectivity index (χ3v) is 4.22. The Kier molecular flexibility index (Phi) is 3.55. The first-order valence-corrected chi connectivity index (χ1v) is 6.63. The van der Waals surface area contributed by atoms with Crippen LogP contribution in [0.1, 0.15) is 6.92 Å². The topological polar surface area (TPSA) is 50.2 Å². The SMILES string of the molecule is CCS(=N)(=O)c1cc(Br)ccc1OC. The first kappa shape index (κ1) is 11.5. The molecule has 0 amide bonds. The molecule has 3 nitrogen and oxygen atoms in total. The molecule has 1 aromatic carbocycles. The molecule has 1 aromatic rings. The highest BCUT2D eigenvalue weighted by Crippen LogP contribution is 2.28. The van der Waals surface area contributed by atoms with E-state index in [4.69, 9.17) is 9.52 Å². The second-order valence-corrected chi connectivity index (χ2v) is 6.04. The zero-order valence-electron chi connectivity index (χ0n) is 8.04. The highest BCUT2D eigenvalue weighted by molar-refractivity contribution is 9.10. The largest absolute Gasteiger partial charge is 0.495 e. The van der Waals surface area contributed by atoms with Gasteiger partial charge in [-0.05, 0) is 18.2 Å². The molecule has 14 heavy (non-hydrogen) atoms. The van der Waals surface area contributed by atoms with Crippen molar-refractivity contribution in [3.63, 3.8) is 0 Å². The molecule has 0 aliphatic rings. The molecule has 0 spiro atoms. The van der Waals surface area contributed by atoms with Gasteiger partial charge in [-0.25, -0.2) is 8.99 Å². The van der Waals surface area contributed by atoms with Crippen LogP contribution in [-0.2, 0) is 9.73 Å². The Hall–Kier alpha value is -0.550. The fourth-order valence-corrected chi connectivity index (χ4v) is 2.68. The van der Waals surface area contributed by atoms with E-state index in [1.54, 1.807) is 25.1 Å². The van der Waals surface area contributed by atoms with Crippen LogP contribution in [0.15, 0.2) is 27.6 Å². The molecule has 1 unspecified atom stereocenters. The van der Waals surface area contributed by atoms with Crippen molar-refractivity contribution in [3.8, 4) is 5.75 Å². The summed E-state index contributed by atoms with van der Waals surface area (Å²) < 4.78 is 25.4. The van der Waals surface area contributed by atoms with Crippen molar-refractivity contribution in [1.29, 1.82) is 4.78 Å². The van der Waals surface area contributed by atoms with Crippen LogP contribution in [-0.4, -0.2) is 17.1 Å². The van der Waals surface area contributed by atoms with E-state index < -0.39 is 9.73 Å². The first-order valence-electron chi connectivity index (χ1n) is 4.11. The van der Waals surface area contributed by atoms with Gasteiger partial charge in [0.1, 0.15) is 5.75 Å². The molecule has 1 N–H and O–H groups in total. The van der Waals surface area contributed by atoms with E-state index >= 15 is 0 Å². The van der Waals surface area contributed by atoms with Crippen LogP contribution in [0, 0.1) is 4.78 Å². The predicted molar refractivity (Wildman–Crippen MR) is 60.4 cm³/mol. The molecule has 0 fully saturated rings. The monoisotopic (exact) mass is 277 g/mol. The van der Waals surface area contributed by atoms with Crippen molar-refractivity contribution in [2.24, 2.45) is 0 Å². The fourth-order valence-electron chi connectivity index (χ4n) is 1.06. The predicted octanol–water partition coefficient (Wildman–Crippen LogP) is 2.88. The van der Waals surface area contributed by atoms with Gasteiger partial charge < -0.3 is 4.74 Å². The third-order valence-electron chi connectivity index (χ3n) is 1.89. The summed E-state index contributed by atoms with van der Waals surface area (Å²) in [5, 5.41) is 0. The molecule has 78 valence electrons. The second kappa shape index (κ2) is 4.31. The Morgan fingerprint density at radius 1 is 1.57 bits per heavy atom. The standard InChI is InChI=1S/C9H12BrNO2S/c1-3-14(11,12)9-6-7(10)4-5-8(9)13-2/h4-6,11H,3H2,1-2H3. The molecule has 5 heteroatoms. The Balaban J connectivity index is 3.39. The molecular formula is C9H12BrNO2S. The lowest BCUT2D eigenvalue weighted by Gasteiger charge is -2.10. The van der Waals surface area contributed by atoms with Crippen LogP contribution in [0.4, 0.5) is 0 Å². The average Bonchev–Trinajstić information content (AvgIpc) is 2.18. The van der Waals surface area contributed by atoms with Crippen LogP contribution in [0.25, 0.3) is 0 Å². The van der Waals surface area contributed by atoms with E-state index in [2.05, 4.69) is 15.9 Å². The molecule has 0 aromatic heterocycles. The summed E-state index contributed by atoms with van der Waals surface area (Å²) in [4.78, 5) is 0.455. The van der Waals surface area contributed by atoms with Gasteiger partial charge in [0.2, 0.25) is 0 Å². The van der Waals surface area contributed by atoms with Crippen molar-refractivity contribution in [2.75, 3.05) is 12.9 Å². The Morgan fingerprint density at radius 2 is 2.21 bits per heavy atom. The normalized spacial score (nSPS) is 14.8. The van der Waals surface area contributed by atoms with Gasteiger partial charge in [-0.15, -0.1) is 0 Å². The number of methoxy groups -OCH3 is 1. The molecule has 0 heterocycles. The minimum Gasteiger partial charge on any atom is -0.495 e. The Morgan fingerprint density at radius 3 is 2.71 bits per heavy atom. The number of benzene rings is 1. The zero-order valence-corrected chi connectivity index (χ0v) is 10.4. The maximum absolute atomic E-state index is 11.9. The van der Waals surface area contributed by atoms with E-state index in [0.29, 0.717) is 16.4 Å². The molecule has 0 saturated heterocycles. The summed E-state index contributed by atoms with van der Waals surface area (Å²) >= 11 is 3.28. The lowest BCUT2D eigenvalue weighted by atomic mass is 10.3. The van der Waals surface area contributed by atoms with Gasteiger partial charge in [-0.3, -0.25) is 0 Å². The molecule has 0 saturated carbocycles. The maximum atomic E-state index is 11.9. The van der Waals surface area contributed by atoms with Crippen LogP contribution in [0.3, 0.4) is 0 Å². The number of nitrogens with one attached hydrogen (secondary N) is 1. The van der Waals surface area contributed by atoms with Gasteiger partial charge in [0.15, 0.2) is 0 Å². The molecule has 1 rings (SSSR count). The average molecular weight is 278 g/mol. The van der Waals surface area contributed by atoms with Crippen LogP contribution >= 0.6 is 15.9 Å². The first-order chi connectivity index (χ1) is 6.51. The van der Waals surface area contributed by atoms with Crippen LogP contribution in [0.2, 0.25) is 0 Å². The van der Waals surface area contributed by atoms with Gasteiger partial charge in [0.05, 0.1) is 21.7 Å². The number of hydrogen-bond acceptors (Lipinski definition) is 3. The molecule has 0 radical (unpaired) electrons. The number of halogens is 1. The lowest BCUT2D eigenvalue weighted by Crippen LogP contribution is -2.04. The van der Waals surface area contributed by atoms with Gasteiger partial charge in [0.25, 0.3) is 0 Å². The summed E-state index contributed by atoms with van der Waals surface area (Å²) in [6.45, 7) is 1.73. The van der Waals surface area contributed by atoms with Crippen LogP contribution < -0.4 is 4.74 Å². The molecule has 0 bridgehead atoms. The highest BCUT2D eigenvalue weighted by Gasteiger charge is 2.13. The molecular weight excluding hydrogens is 266 g/mol. The van der Waals surface area contributed by atoms with E-state index in [0.717, 1.165) is 4.47 Å². The summed E-state index contributed by atoms with van der Waals surface area (Å²) in [7, 11) is -1.21. The summed E-state index contributed by atoms with van der Waals surface area (Å²) in [5.74, 6) is 0.801. The number of rotatable bonds is 3. The van der Waals surface area contributed by atoms with Crippen molar-refractivity contribution < 1.29 is 8.95 Å². The summed E-state index contributed by atoms with van der Waals surface area (Å²) in [6.07, 6.45) is 0. The minimum absolute atomic E-state index is 0.291. The van der Waals surface area contributed by atoms with Gasteiger partial charge in [-0.2, -0.15) is 0 Å². The van der Waals surface area contributed by atoms with E-state index in [-0.39, 0.29) is 0 Å². The number of hydrogen-bond donors (Lipinski definition) is 1. The van der Waals surface area contributed by atoms with Crippen molar-refractivity contribution >= 4 is 25.7 Å². The molecule has 0 aliphatic carbocycles. The smallest absolute Gasteiger partial charge is 0.135 e. The van der Waals surface area contributed by atoms with Crippen LogP contribution in [0.5, 0.6) is 5.75 Å². The zero-order chi connectivity index (χ0) is 10.8. The minimum atomic E-state index is -2.72. The molecule has 1 atom stereocenters. The lowest BCUT2D eigenvalue weighted by molar-refractivity contribution is 0.403. The van der Waals surface area contributed by atoms with Gasteiger partial charge in [-0.1, -0.05) is 22.9 Å². The second-order valence-electron chi connectivity index (χ2n) is 2.76. The van der Waals surface area contributed by atoms with Gasteiger partial charge >= 0.3 is 0 Å². The maximum Gasteiger partial charge on any atom is 0.135 e. The summed E-state index contributed by atoms with van der Waals surface area (Å²) in [5.41, 5.74) is 0. The Bertz CT molecular complexity index is 428. The van der Waals surface area contributed by atoms with E-state index in [9.17, 15) is 4.21 Å². The summed E-state index contributed by atoms with van der Waals surface area (Å²) in [6, 6.07) is 5.19. The fraction of sp³-hybridized carbons (Fsp3) is 0.333. The highest BCUT2D eigenvalue weighted by atomic mass is 79.9. The van der Waals surface area contributed by atoms with Crippen molar-refractivity contribution in [2.45, 2.75) is 11.8 Å². The molecule has 0 aliphatic heterocycles. The van der Waals surface area contributed by atoms with E-state index in [1.807, 2.05) is 0 Å². The van der Waals surface area contributed by atoms with Gasteiger partial charge in [0, 0.05) is 10.2 Å². The Labute approximate surface area is 92.6 Å².